The highest BCUT2D eigenvalue weighted by Crippen LogP contribution is 2.34. The van der Waals surface area contributed by atoms with E-state index in [9.17, 15) is 4.79 Å². The van der Waals surface area contributed by atoms with Gasteiger partial charge in [0, 0.05) is 24.5 Å². The molecule has 164 valence electrons. The Kier molecular flexibility index (Phi) is 6.61. The van der Waals surface area contributed by atoms with Gasteiger partial charge in [0.25, 0.3) is 0 Å². The molecule has 7 nitrogen and oxygen atoms in total. The fourth-order valence-corrected chi connectivity index (χ4v) is 4.42. The molecule has 0 radical (unpaired) electrons. The molecular formula is C24H24N4O3S. The molecule has 0 unspecified atom stereocenters. The number of nitrogens with zero attached hydrogens (tertiary/aromatic N) is 3. The molecule has 0 aliphatic carbocycles. The minimum atomic E-state index is -0.321. The Bertz CT molecular complexity index is 1220. The predicted molar refractivity (Wildman–Crippen MR) is 125 cm³/mol. The highest BCUT2D eigenvalue weighted by atomic mass is 32.1. The minimum absolute atomic E-state index is 0.321. The van der Waals surface area contributed by atoms with Crippen molar-refractivity contribution in [3.8, 4) is 5.75 Å². The first-order valence-corrected chi connectivity index (χ1v) is 11.2. The SMILES string of the molecule is CCOC(=O)c1sc2nc(C)nc(NCc3ccc(OCc4cccnc4)cc3)c2c1C. The van der Waals surface area contributed by atoms with Crippen molar-refractivity contribution in [2.75, 3.05) is 11.9 Å². The summed E-state index contributed by atoms with van der Waals surface area (Å²) in [5.74, 6) is 1.84. The topological polar surface area (TPSA) is 86.2 Å². The molecule has 0 spiro atoms. The van der Waals surface area contributed by atoms with Crippen molar-refractivity contribution in [2.24, 2.45) is 0 Å². The lowest BCUT2D eigenvalue weighted by Crippen LogP contribution is -2.05. The summed E-state index contributed by atoms with van der Waals surface area (Å²) in [6, 6.07) is 11.8. The van der Waals surface area contributed by atoms with Gasteiger partial charge in [-0.05, 0) is 50.1 Å². The molecule has 0 saturated carbocycles. The number of thiophene rings is 1. The molecule has 1 aromatic carbocycles. The average molecular weight is 449 g/mol. The van der Waals surface area contributed by atoms with E-state index in [2.05, 4.69) is 20.3 Å². The van der Waals surface area contributed by atoms with Crippen LogP contribution in [-0.2, 0) is 17.9 Å². The number of pyridine rings is 1. The first-order valence-electron chi connectivity index (χ1n) is 10.3. The number of hydrogen-bond acceptors (Lipinski definition) is 8. The van der Waals surface area contributed by atoms with Crippen molar-refractivity contribution < 1.29 is 14.3 Å². The van der Waals surface area contributed by atoms with Crippen molar-refractivity contribution >= 4 is 33.3 Å². The summed E-state index contributed by atoms with van der Waals surface area (Å²) >= 11 is 1.34. The zero-order chi connectivity index (χ0) is 22.5. The van der Waals surface area contributed by atoms with Crippen LogP contribution >= 0.6 is 11.3 Å². The van der Waals surface area contributed by atoms with Crippen LogP contribution in [0.4, 0.5) is 5.82 Å². The van der Waals surface area contributed by atoms with E-state index in [0.717, 1.165) is 32.7 Å². The van der Waals surface area contributed by atoms with Crippen LogP contribution in [0.25, 0.3) is 10.2 Å². The molecule has 3 heterocycles. The lowest BCUT2D eigenvalue weighted by molar-refractivity contribution is 0.0531. The van der Waals surface area contributed by atoms with E-state index in [1.54, 1.807) is 19.3 Å². The van der Waals surface area contributed by atoms with E-state index in [4.69, 9.17) is 9.47 Å². The molecule has 0 atom stereocenters. The number of aromatic nitrogens is 3. The van der Waals surface area contributed by atoms with Crippen LogP contribution < -0.4 is 10.1 Å². The molecule has 0 aliphatic rings. The summed E-state index contributed by atoms with van der Waals surface area (Å²) in [7, 11) is 0. The quantitative estimate of drug-likeness (QED) is 0.377. The Morgan fingerprint density at radius 2 is 1.91 bits per heavy atom. The molecule has 1 N–H and O–H groups in total. The third-order valence-corrected chi connectivity index (χ3v) is 6.04. The number of hydrogen-bond donors (Lipinski definition) is 1. The Balaban J connectivity index is 1.47. The summed E-state index contributed by atoms with van der Waals surface area (Å²) in [5, 5.41) is 4.26. The maximum Gasteiger partial charge on any atom is 0.348 e. The van der Waals surface area contributed by atoms with Gasteiger partial charge in [0.2, 0.25) is 0 Å². The van der Waals surface area contributed by atoms with Gasteiger partial charge in [-0.3, -0.25) is 4.98 Å². The number of anilines is 1. The Labute approximate surface area is 190 Å². The van der Waals surface area contributed by atoms with Crippen molar-refractivity contribution in [1.29, 1.82) is 0 Å². The van der Waals surface area contributed by atoms with E-state index in [1.165, 1.54) is 11.3 Å². The minimum Gasteiger partial charge on any atom is -0.489 e. The molecule has 0 amide bonds. The van der Waals surface area contributed by atoms with Crippen LogP contribution in [0.3, 0.4) is 0 Å². The second-order valence-electron chi connectivity index (χ2n) is 7.22. The van der Waals surface area contributed by atoms with E-state index in [-0.39, 0.29) is 5.97 Å². The van der Waals surface area contributed by atoms with Crippen LogP contribution in [0.1, 0.15) is 39.1 Å². The predicted octanol–water partition coefficient (Wildman–Crippen LogP) is 5.07. The maximum absolute atomic E-state index is 12.3. The van der Waals surface area contributed by atoms with Gasteiger partial charge in [0.1, 0.15) is 33.7 Å². The van der Waals surface area contributed by atoms with Gasteiger partial charge in [0.15, 0.2) is 0 Å². The number of nitrogens with one attached hydrogen (secondary N) is 1. The molecule has 0 bridgehead atoms. The van der Waals surface area contributed by atoms with Crippen molar-refractivity contribution in [1.82, 2.24) is 15.0 Å². The molecule has 4 aromatic rings. The fourth-order valence-electron chi connectivity index (χ4n) is 3.30. The van der Waals surface area contributed by atoms with Gasteiger partial charge in [0.05, 0.1) is 12.0 Å². The molecule has 0 aliphatic heterocycles. The monoisotopic (exact) mass is 448 g/mol. The summed E-state index contributed by atoms with van der Waals surface area (Å²) < 4.78 is 11.0. The van der Waals surface area contributed by atoms with Crippen LogP contribution in [0.2, 0.25) is 0 Å². The van der Waals surface area contributed by atoms with Gasteiger partial charge in [-0.1, -0.05) is 18.2 Å². The fraction of sp³-hybridized carbons (Fsp3) is 0.250. The smallest absolute Gasteiger partial charge is 0.348 e. The molecule has 3 aromatic heterocycles. The largest absolute Gasteiger partial charge is 0.489 e. The van der Waals surface area contributed by atoms with E-state index < -0.39 is 0 Å². The molecule has 4 rings (SSSR count). The Morgan fingerprint density at radius 1 is 1.09 bits per heavy atom. The molecular weight excluding hydrogens is 424 g/mol. The number of fused-ring (bicyclic) bond motifs is 1. The van der Waals surface area contributed by atoms with Crippen molar-refractivity contribution in [3.63, 3.8) is 0 Å². The summed E-state index contributed by atoms with van der Waals surface area (Å²) in [6.45, 7) is 6.95. The van der Waals surface area contributed by atoms with Crippen LogP contribution in [0.15, 0.2) is 48.8 Å². The van der Waals surface area contributed by atoms with E-state index in [0.29, 0.717) is 36.3 Å². The van der Waals surface area contributed by atoms with Crippen molar-refractivity contribution in [3.05, 3.63) is 76.2 Å². The summed E-state index contributed by atoms with van der Waals surface area (Å²) in [5.41, 5.74) is 2.95. The summed E-state index contributed by atoms with van der Waals surface area (Å²) in [6.07, 6.45) is 3.54. The molecule has 8 heteroatoms. The van der Waals surface area contributed by atoms with E-state index in [1.807, 2.05) is 50.2 Å². The summed E-state index contributed by atoms with van der Waals surface area (Å²) in [4.78, 5) is 26.8. The number of rotatable bonds is 8. The van der Waals surface area contributed by atoms with Gasteiger partial charge in [-0.15, -0.1) is 11.3 Å². The van der Waals surface area contributed by atoms with Crippen LogP contribution in [0.5, 0.6) is 5.75 Å². The molecule has 32 heavy (non-hydrogen) atoms. The second kappa shape index (κ2) is 9.74. The van der Waals surface area contributed by atoms with Gasteiger partial charge >= 0.3 is 5.97 Å². The lowest BCUT2D eigenvalue weighted by Gasteiger charge is -2.10. The Morgan fingerprint density at radius 3 is 2.62 bits per heavy atom. The molecule has 0 saturated heterocycles. The lowest BCUT2D eigenvalue weighted by atomic mass is 10.2. The normalized spacial score (nSPS) is 10.8. The first-order chi connectivity index (χ1) is 15.5. The number of carbonyl (C=O) groups is 1. The average Bonchev–Trinajstić information content (AvgIpc) is 3.14. The zero-order valence-corrected chi connectivity index (χ0v) is 19.0. The number of ether oxygens (including phenoxy) is 2. The van der Waals surface area contributed by atoms with Gasteiger partial charge < -0.3 is 14.8 Å². The van der Waals surface area contributed by atoms with Crippen LogP contribution in [-0.4, -0.2) is 27.5 Å². The first kappa shape index (κ1) is 21.7. The third-order valence-electron chi connectivity index (χ3n) is 4.87. The number of esters is 1. The number of benzene rings is 1. The highest BCUT2D eigenvalue weighted by Gasteiger charge is 2.20. The Hall–Kier alpha value is -3.52. The standard InChI is InChI=1S/C24H24N4O3S/c1-4-30-24(29)21-15(2)20-22(27-16(3)28-23(20)32-21)26-13-17-7-9-19(10-8-17)31-14-18-6-5-11-25-12-18/h5-12H,4,13-14H2,1-3H3,(H,26,27,28). The number of carbonyl (C=O) groups excluding carboxylic acids is 1. The van der Waals surface area contributed by atoms with E-state index >= 15 is 0 Å². The maximum atomic E-state index is 12.3. The van der Waals surface area contributed by atoms with Gasteiger partial charge in [-0.25, -0.2) is 14.8 Å². The molecule has 0 fully saturated rings. The van der Waals surface area contributed by atoms with Crippen LogP contribution in [0, 0.1) is 13.8 Å². The number of aryl methyl sites for hydroxylation is 2. The van der Waals surface area contributed by atoms with Gasteiger partial charge in [-0.2, -0.15) is 0 Å². The zero-order valence-electron chi connectivity index (χ0n) is 18.2. The second-order valence-corrected chi connectivity index (χ2v) is 8.22. The third kappa shape index (κ3) is 4.86. The highest BCUT2D eigenvalue weighted by molar-refractivity contribution is 7.20. The van der Waals surface area contributed by atoms with Crippen molar-refractivity contribution in [2.45, 2.75) is 33.9 Å².